The second kappa shape index (κ2) is 7.57. The van der Waals surface area contributed by atoms with Gasteiger partial charge in [0.05, 0.1) is 5.75 Å². The summed E-state index contributed by atoms with van der Waals surface area (Å²) in [5, 5.41) is 1.94. The molecule has 1 heterocycles. The molecule has 1 aromatic carbocycles. The molecule has 0 bridgehead atoms. The molecule has 2 aromatic rings. The summed E-state index contributed by atoms with van der Waals surface area (Å²) in [5.41, 5.74) is 1.91. The molecular formula is C19H16O2S2. The van der Waals surface area contributed by atoms with Gasteiger partial charge in [0.25, 0.3) is 0 Å². The van der Waals surface area contributed by atoms with Crippen LogP contribution in [0.3, 0.4) is 0 Å². The summed E-state index contributed by atoms with van der Waals surface area (Å²) in [4.78, 5) is 26.0. The zero-order valence-electron chi connectivity index (χ0n) is 12.5. The minimum atomic E-state index is 0.155. The van der Waals surface area contributed by atoms with Gasteiger partial charge in [0, 0.05) is 23.3 Å². The van der Waals surface area contributed by atoms with Crippen molar-refractivity contribution < 1.29 is 9.59 Å². The lowest BCUT2D eigenvalue weighted by Crippen LogP contribution is -2.06. The third-order valence-electron chi connectivity index (χ3n) is 3.50. The summed E-state index contributed by atoms with van der Waals surface area (Å²) in [6.45, 7) is 0. The van der Waals surface area contributed by atoms with Crippen LogP contribution in [0.25, 0.3) is 12.2 Å². The van der Waals surface area contributed by atoms with E-state index in [2.05, 4.69) is 0 Å². The average molecular weight is 340 g/mol. The lowest BCUT2D eigenvalue weighted by molar-refractivity contribution is -0.115. The average Bonchev–Trinajstić information content (AvgIpc) is 3.03. The van der Waals surface area contributed by atoms with E-state index in [4.69, 9.17) is 0 Å². The van der Waals surface area contributed by atoms with Gasteiger partial charge in [0.2, 0.25) is 0 Å². The third-order valence-corrected chi connectivity index (χ3v) is 5.46. The van der Waals surface area contributed by atoms with Crippen molar-refractivity contribution in [2.45, 2.75) is 12.8 Å². The number of hydrogen-bond donors (Lipinski definition) is 0. The summed E-state index contributed by atoms with van der Waals surface area (Å²) in [5.74, 6) is 0.744. The maximum Gasteiger partial charge on any atom is 0.169 e. The third kappa shape index (κ3) is 4.30. The van der Waals surface area contributed by atoms with Gasteiger partial charge in [-0.3, -0.25) is 9.59 Å². The minimum Gasteiger partial charge on any atom is -0.298 e. The molecule has 1 aliphatic carbocycles. The van der Waals surface area contributed by atoms with Crippen LogP contribution in [0.4, 0.5) is 0 Å². The fraction of sp³-hybridized carbons (Fsp3) is 0.158. The first kappa shape index (κ1) is 16.0. The van der Waals surface area contributed by atoms with E-state index in [9.17, 15) is 9.59 Å². The molecule has 0 atom stereocenters. The van der Waals surface area contributed by atoms with E-state index in [0.29, 0.717) is 18.6 Å². The summed E-state index contributed by atoms with van der Waals surface area (Å²) >= 11 is 3.06. The van der Waals surface area contributed by atoms with Crippen LogP contribution in [0.15, 0.2) is 52.8 Å². The fourth-order valence-electron chi connectivity index (χ4n) is 2.33. The first-order chi connectivity index (χ1) is 11.2. The molecule has 0 spiro atoms. The van der Waals surface area contributed by atoms with Crippen molar-refractivity contribution in [3.8, 4) is 0 Å². The van der Waals surface area contributed by atoms with Gasteiger partial charge in [-0.2, -0.15) is 0 Å². The smallest absolute Gasteiger partial charge is 0.169 e. The second-order valence-corrected chi connectivity index (χ2v) is 7.30. The molecule has 0 saturated heterocycles. The monoisotopic (exact) mass is 340 g/mol. The molecule has 1 aromatic heterocycles. The van der Waals surface area contributed by atoms with Gasteiger partial charge < -0.3 is 0 Å². The Morgan fingerprint density at radius 3 is 2.87 bits per heavy atom. The van der Waals surface area contributed by atoms with Crippen molar-refractivity contribution in [1.82, 2.24) is 0 Å². The van der Waals surface area contributed by atoms with Crippen LogP contribution >= 0.6 is 23.1 Å². The summed E-state index contributed by atoms with van der Waals surface area (Å²) < 4.78 is 0. The van der Waals surface area contributed by atoms with Crippen molar-refractivity contribution >= 4 is 46.8 Å². The number of hydrogen-bond acceptors (Lipinski definition) is 4. The van der Waals surface area contributed by atoms with E-state index in [0.717, 1.165) is 20.9 Å². The van der Waals surface area contributed by atoms with Gasteiger partial charge in [-0.25, -0.2) is 0 Å². The Morgan fingerprint density at radius 2 is 2.04 bits per heavy atom. The topological polar surface area (TPSA) is 34.1 Å². The number of carbonyl (C=O) groups excluding carboxylic acids is 2. The molecule has 116 valence electrons. The van der Waals surface area contributed by atoms with Crippen LogP contribution in [0.5, 0.6) is 0 Å². The Bertz CT molecular complexity index is 770. The second-order valence-electron chi connectivity index (χ2n) is 5.25. The van der Waals surface area contributed by atoms with E-state index >= 15 is 0 Å². The van der Waals surface area contributed by atoms with E-state index in [1.165, 1.54) is 11.8 Å². The number of carbonyl (C=O) groups is 2. The van der Waals surface area contributed by atoms with Crippen molar-refractivity contribution in [1.29, 1.82) is 0 Å². The lowest BCUT2D eigenvalue weighted by Gasteiger charge is -2.11. The van der Waals surface area contributed by atoms with Crippen LogP contribution in [-0.4, -0.2) is 17.3 Å². The van der Waals surface area contributed by atoms with Crippen molar-refractivity contribution in [3.05, 3.63) is 68.8 Å². The molecular weight excluding hydrogens is 324 g/mol. The Kier molecular flexibility index (Phi) is 5.26. The summed E-state index contributed by atoms with van der Waals surface area (Å²) in [7, 11) is 0. The summed E-state index contributed by atoms with van der Waals surface area (Å²) in [6.07, 6.45) is 6.74. The minimum absolute atomic E-state index is 0.155. The Labute approximate surface area is 143 Å². The van der Waals surface area contributed by atoms with Crippen LogP contribution in [0, 0.1) is 0 Å². The number of thioether (sulfide) groups is 1. The van der Waals surface area contributed by atoms with Crippen LogP contribution < -0.4 is 0 Å². The zero-order valence-corrected chi connectivity index (χ0v) is 14.2. The largest absolute Gasteiger partial charge is 0.298 e. The Hall–Kier alpha value is -1.91. The highest BCUT2D eigenvalue weighted by Crippen LogP contribution is 2.33. The van der Waals surface area contributed by atoms with Gasteiger partial charge >= 0.3 is 0 Å². The molecule has 0 unspecified atom stereocenters. The van der Waals surface area contributed by atoms with Crippen molar-refractivity contribution in [3.63, 3.8) is 0 Å². The number of ketones is 2. The maximum absolute atomic E-state index is 12.0. The highest BCUT2D eigenvalue weighted by atomic mass is 32.2. The molecule has 1 aliphatic rings. The Morgan fingerprint density at radius 1 is 1.22 bits per heavy atom. The molecule has 3 rings (SSSR count). The predicted octanol–water partition coefficient (Wildman–Crippen LogP) is 5.08. The first-order valence-corrected chi connectivity index (χ1v) is 9.26. The van der Waals surface area contributed by atoms with Crippen LogP contribution in [0.1, 0.15) is 33.6 Å². The summed E-state index contributed by atoms with van der Waals surface area (Å²) in [6, 6.07) is 11.8. The molecule has 0 fully saturated rings. The van der Waals surface area contributed by atoms with E-state index in [-0.39, 0.29) is 11.6 Å². The van der Waals surface area contributed by atoms with Gasteiger partial charge in [-0.1, -0.05) is 42.5 Å². The molecule has 2 nitrogen and oxygen atoms in total. The van der Waals surface area contributed by atoms with Gasteiger partial charge in [-0.15, -0.1) is 23.1 Å². The molecule has 0 N–H and O–H groups in total. The highest BCUT2D eigenvalue weighted by molar-refractivity contribution is 8.03. The molecule has 0 amide bonds. The number of benzene rings is 1. The predicted molar refractivity (Wildman–Crippen MR) is 98.8 cm³/mol. The van der Waals surface area contributed by atoms with Gasteiger partial charge in [-0.05, 0) is 28.0 Å². The molecule has 0 aliphatic heterocycles. The number of rotatable bonds is 6. The van der Waals surface area contributed by atoms with Crippen molar-refractivity contribution in [2.24, 2.45) is 0 Å². The van der Waals surface area contributed by atoms with E-state index in [1.54, 1.807) is 11.3 Å². The van der Waals surface area contributed by atoms with Crippen LogP contribution in [0.2, 0.25) is 0 Å². The number of fused-ring (bicyclic) bond motifs is 1. The lowest BCUT2D eigenvalue weighted by atomic mass is 10.0. The van der Waals surface area contributed by atoms with Gasteiger partial charge in [0.15, 0.2) is 5.78 Å². The Balaban J connectivity index is 1.50. The van der Waals surface area contributed by atoms with E-state index < -0.39 is 0 Å². The number of thiophene rings is 1. The van der Waals surface area contributed by atoms with Gasteiger partial charge in [0.1, 0.15) is 5.78 Å². The number of Topliss-reactive ketones (excluding diaryl/α,β-unsaturated/α-hetero) is 2. The van der Waals surface area contributed by atoms with E-state index in [1.807, 2.05) is 60.0 Å². The quantitative estimate of drug-likeness (QED) is 0.735. The maximum atomic E-state index is 12.0. The van der Waals surface area contributed by atoms with Crippen LogP contribution in [-0.2, 0) is 4.79 Å². The highest BCUT2D eigenvalue weighted by Gasteiger charge is 2.19. The molecule has 23 heavy (non-hydrogen) atoms. The normalized spacial score (nSPS) is 13.9. The molecule has 4 heteroatoms. The first-order valence-electron chi connectivity index (χ1n) is 7.40. The molecule has 0 saturated carbocycles. The molecule has 0 radical (unpaired) electrons. The SMILES string of the molecule is O=C(CC=Cc1ccccc1)CSC1=Cc2sccc2C(=O)C1. The zero-order chi connectivity index (χ0) is 16.1. The van der Waals surface area contributed by atoms with Crippen molar-refractivity contribution in [2.75, 3.05) is 5.75 Å². The fourth-order valence-corrected chi connectivity index (χ4v) is 4.17. The number of allylic oxidation sites excluding steroid dienone is 2. The standard InChI is InChI=1S/C19H16O2S2/c20-15(8-4-7-14-5-2-1-3-6-14)13-23-16-11-18(21)17-9-10-22-19(17)12-16/h1-7,9-10,12H,8,11,13H2.